The lowest BCUT2D eigenvalue weighted by Crippen LogP contribution is -2.60. The van der Waals surface area contributed by atoms with Crippen molar-refractivity contribution in [3.05, 3.63) is 11.6 Å². The highest BCUT2D eigenvalue weighted by molar-refractivity contribution is 5.25. The van der Waals surface area contributed by atoms with Crippen molar-refractivity contribution >= 4 is 0 Å². The van der Waals surface area contributed by atoms with E-state index in [9.17, 15) is 15.3 Å². The van der Waals surface area contributed by atoms with E-state index in [2.05, 4.69) is 47.6 Å². The van der Waals surface area contributed by atoms with Crippen LogP contribution in [0.15, 0.2) is 11.6 Å². The van der Waals surface area contributed by atoms with Crippen LogP contribution in [0.4, 0.5) is 0 Å². The average molecular weight is 473 g/mol. The van der Waals surface area contributed by atoms with Gasteiger partial charge in [-0.25, -0.2) is 0 Å². The van der Waals surface area contributed by atoms with E-state index in [0.29, 0.717) is 34.5 Å². The number of hydrogen-bond donors (Lipinski definition) is 3. The molecule has 3 nitrogen and oxygen atoms in total. The number of hydrogen-bond acceptors (Lipinski definition) is 3. The highest BCUT2D eigenvalue weighted by Gasteiger charge is 2.64. The van der Waals surface area contributed by atoms with Gasteiger partial charge in [0.1, 0.15) is 0 Å². The van der Waals surface area contributed by atoms with Crippen LogP contribution in [0, 0.1) is 50.7 Å². The molecule has 11 unspecified atom stereocenters. The second kappa shape index (κ2) is 8.06. The van der Waals surface area contributed by atoms with E-state index in [0.717, 1.165) is 44.9 Å². The van der Waals surface area contributed by atoms with Crippen molar-refractivity contribution in [3.8, 4) is 0 Å². The number of allylic oxidation sites excluding steroid dienone is 2. The van der Waals surface area contributed by atoms with Gasteiger partial charge < -0.3 is 15.3 Å². The molecule has 0 aromatic rings. The molecule has 5 aliphatic carbocycles. The molecule has 3 heteroatoms. The first-order valence-corrected chi connectivity index (χ1v) is 14.5. The monoisotopic (exact) mass is 472 g/mol. The van der Waals surface area contributed by atoms with E-state index in [-0.39, 0.29) is 35.1 Å². The average Bonchev–Trinajstić information content (AvgIpc) is 2.96. The molecular weight excluding hydrogens is 420 g/mol. The maximum absolute atomic E-state index is 11.0. The first-order valence-electron chi connectivity index (χ1n) is 14.5. The first kappa shape index (κ1) is 25.3. The standard InChI is InChI=1S/C31H52O3/c1-7-28(3)23-10-8-20-18-27(2)15-12-24-30(5,17-14-26(34)31(24,6)19-32)22(27)11-9-21(20)29(23,4)16-13-25(28)33/h8,21-26,32-34H,7,9-19H2,1-6H3. The summed E-state index contributed by atoms with van der Waals surface area (Å²) in [6.07, 6.45) is 14.5. The van der Waals surface area contributed by atoms with Gasteiger partial charge in [0.05, 0.1) is 18.8 Å². The zero-order chi connectivity index (χ0) is 24.7. The summed E-state index contributed by atoms with van der Waals surface area (Å²) < 4.78 is 0. The molecule has 0 heterocycles. The van der Waals surface area contributed by atoms with E-state index >= 15 is 0 Å². The largest absolute Gasteiger partial charge is 0.396 e. The summed E-state index contributed by atoms with van der Waals surface area (Å²) in [5.74, 6) is 2.27. The summed E-state index contributed by atoms with van der Waals surface area (Å²) >= 11 is 0. The van der Waals surface area contributed by atoms with E-state index in [1.165, 1.54) is 25.7 Å². The molecule has 5 rings (SSSR count). The molecule has 11 atom stereocenters. The van der Waals surface area contributed by atoms with Crippen LogP contribution in [-0.2, 0) is 0 Å². The summed E-state index contributed by atoms with van der Waals surface area (Å²) in [4.78, 5) is 0. The van der Waals surface area contributed by atoms with Crippen molar-refractivity contribution < 1.29 is 15.3 Å². The number of rotatable bonds is 2. The first-order chi connectivity index (χ1) is 15.9. The third-order valence-corrected chi connectivity index (χ3v) is 13.6. The molecule has 4 saturated carbocycles. The van der Waals surface area contributed by atoms with Gasteiger partial charge >= 0.3 is 0 Å². The van der Waals surface area contributed by atoms with Crippen LogP contribution in [-0.4, -0.2) is 34.1 Å². The molecule has 194 valence electrons. The van der Waals surface area contributed by atoms with Gasteiger partial charge in [-0.3, -0.25) is 0 Å². The fraction of sp³-hybridized carbons (Fsp3) is 0.935. The molecule has 0 spiro atoms. The van der Waals surface area contributed by atoms with Crippen molar-refractivity contribution in [2.24, 2.45) is 50.7 Å². The Morgan fingerprint density at radius 1 is 0.765 bits per heavy atom. The lowest BCUT2D eigenvalue weighted by atomic mass is 9.42. The van der Waals surface area contributed by atoms with Gasteiger partial charge in [-0.05, 0) is 116 Å². The Kier molecular flexibility index (Phi) is 5.99. The summed E-state index contributed by atoms with van der Waals surface area (Å²) in [6, 6.07) is 0. The predicted octanol–water partition coefficient (Wildman–Crippen LogP) is 6.50. The highest BCUT2D eigenvalue weighted by Crippen LogP contribution is 2.70. The summed E-state index contributed by atoms with van der Waals surface area (Å²) in [5.41, 5.74) is 2.19. The predicted molar refractivity (Wildman–Crippen MR) is 138 cm³/mol. The van der Waals surface area contributed by atoms with E-state index in [1.807, 2.05) is 0 Å². The lowest BCUT2D eigenvalue weighted by molar-refractivity contribution is -0.189. The van der Waals surface area contributed by atoms with Gasteiger partial charge in [-0.2, -0.15) is 0 Å². The van der Waals surface area contributed by atoms with Crippen molar-refractivity contribution in [3.63, 3.8) is 0 Å². The fourth-order valence-electron chi connectivity index (χ4n) is 11.3. The second-order valence-corrected chi connectivity index (χ2v) is 14.8. The van der Waals surface area contributed by atoms with Gasteiger partial charge in [0.25, 0.3) is 0 Å². The Hall–Kier alpha value is -0.380. The zero-order valence-electron chi connectivity index (χ0n) is 22.9. The normalized spacial score (nSPS) is 57.4. The van der Waals surface area contributed by atoms with Crippen molar-refractivity contribution in [1.82, 2.24) is 0 Å². The topological polar surface area (TPSA) is 60.7 Å². The molecule has 34 heavy (non-hydrogen) atoms. The lowest BCUT2D eigenvalue weighted by Gasteiger charge is -2.64. The van der Waals surface area contributed by atoms with E-state index < -0.39 is 0 Å². The Morgan fingerprint density at radius 3 is 2.06 bits per heavy atom. The summed E-state index contributed by atoms with van der Waals surface area (Å²) in [6.45, 7) is 14.6. The SMILES string of the molecule is CCC1(C)C(O)CCC2(C)C3CCC4C(C)(CCC5C(C)(CO)C(O)CCC45C)CC3=CCC12. The molecule has 0 saturated heterocycles. The maximum Gasteiger partial charge on any atom is 0.0618 e. The van der Waals surface area contributed by atoms with E-state index in [4.69, 9.17) is 0 Å². The fourth-order valence-corrected chi connectivity index (χ4v) is 11.3. The Balaban J connectivity index is 1.50. The minimum Gasteiger partial charge on any atom is -0.396 e. The molecule has 3 N–H and O–H groups in total. The van der Waals surface area contributed by atoms with E-state index in [1.54, 1.807) is 5.57 Å². The molecule has 0 aliphatic heterocycles. The van der Waals surface area contributed by atoms with Crippen LogP contribution < -0.4 is 0 Å². The molecule has 0 aromatic carbocycles. The number of fused-ring (bicyclic) bond motifs is 6. The number of aliphatic hydroxyl groups is 3. The summed E-state index contributed by atoms with van der Waals surface area (Å²) in [5, 5.41) is 32.4. The van der Waals surface area contributed by atoms with Crippen LogP contribution in [0.25, 0.3) is 0 Å². The van der Waals surface area contributed by atoms with Gasteiger partial charge in [-0.1, -0.05) is 53.2 Å². The minimum absolute atomic E-state index is 0.0253. The third-order valence-electron chi connectivity index (χ3n) is 13.6. The molecule has 0 radical (unpaired) electrons. The van der Waals surface area contributed by atoms with Crippen LogP contribution in [0.3, 0.4) is 0 Å². The molecular formula is C31H52O3. The highest BCUT2D eigenvalue weighted by atomic mass is 16.3. The molecule has 0 aromatic heterocycles. The molecule has 0 bridgehead atoms. The molecule has 5 aliphatic rings. The Morgan fingerprint density at radius 2 is 1.41 bits per heavy atom. The van der Waals surface area contributed by atoms with Crippen molar-refractivity contribution in [1.29, 1.82) is 0 Å². The number of aliphatic hydroxyl groups excluding tert-OH is 3. The van der Waals surface area contributed by atoms with Gasteiger partial charge in [-0.15, -0.1) is 0 Å². The Bertz CT molecular complexity index is 837. The quantitative estimate of drug-likeness (QED) is 0.402. The van der Waals surface area contributed by atoms with Crippen molar-refractivity contribution in [2.75, 3.05) is 6.61 Å². The molecule has 0 amide bonds. The zero-order valence-corrected chi connectivity index (χ0v) is 22.9. The second-order valence-electron chi connectivity index (χ2n) is 14.8. The van der Waals surface area contributed by atoms with Crippen molar-refractivity contribution in [2.45, 2.75) is 124 Å². The van der Waals surface area contributed by atoms with Gasteiger partial charge in [0.2, 0.25) is 0 Å². The smallest absolute Gasteiger partial charge is 0.0618 e. The van der Waals surface area contributed by atoms with Crippen LogP contribution >= 0.6 is 0 Å². The van der Waals surface area contributed by atoms with Crippen LogP contribution in [0.2, 0.25) is 0 Å². The van der Waals surface area contributed by atoms with Gasteiger partial charge in [0.15, 0.2) is 0 Å². The Labute approximate surface area is 208 Å². The van der Waals surface area contributed by atoms with Crippen LogP contribution in [0.1, 0.15) is 112 Å². The van der Waals surface area contributed by atoms with Gasteiger partial charge in [0, 0.05) is 5.41 Å². The summed E-state index contributed by atoms with van der Waals surface area (Å²) in [7, 11) is 0. The minimum atomic E-state index is -0.379. The van der Waals surface area contributed by atoms with Crippen LogP contribution in [0.5, 0.6) is 0 Å². The molecule has 4 fully saturated rings. The third kappa shape index (κ3) is 3.18. The maximum atomic E-state index is 11.0.